The van der Waals surface area contributed by atoms with E-state index in [1.54, 1.807) is 0 Å². The van der Waals surface area contributed by atoms with Crippen molar-refractivity contribution in [2.24, 2.45) is 0 Å². The molecular formula is C72H53N5. The molecule has 0 unspecified atom stereocenters. The number of aromatic nitrogens is 3. The zero-order valence-corrected chi connectivity index (χ0v) is 42.9. The maximum absolute atomic E-state index is 5.05. The highest BCUT2D eigenvalue weighted by molar-refractivity contribution is 6.12. The monoisotopic (exact) mass is 987 g/mol. The van der Waals surface area contributed by atoms with Gasteiger partial charge in [-0.25, -0.2) is 9.97 Å². The number of fused-ring (bicyclic) bond motifs is 3. The first kappa shape index (κ1) is 46.7. The summed E-state index contributed by atoms with van der Waals surface area (Å²) in [5.74, 6) is 0.710. The van der Waals surface area contributed by atoms with E-state index in [2.05, 4.69) is 277 Å². The molecule has 5 nitrogen and oxygen atoms in total. The molecule has 13 aromatic rings. The number of benzene rings is 11. The van der Waals surface area contributed by atoms with E-state index in [1.165, 1.54) is 21.9 Å². The molecule has 366 valence electrons. The molecule has 0 bridgehead atoms. The molecule has 0 atom stereocenters. The predicted octanol–water partition coefficient (Wildman–Crippen LogP) is 19.5. The van der Waals surface area contributed by atoms with Crippen molar-refractivity contribution >= 4 is 55.9 Å². The SMILES string of the molecule is Cc1ccc(N(c2ccc(C)cc2)c2ccc3c(c2)c2cc(N(c4ccccc4)c4ccccc4)ccc2n3-c2ccc(-c3ccc(-c4ccc(-c5cc(-c6ccccc6)nc(-c6ccccc6)n5)cc4)cc3)cc2)cc1. The molecule has 2 heterocycles. The lowest BCUT2D eigenvalue weighted by Gasteiger charge is -2.26. The van der Waals surface area contributed by atoms with Gasteiger partial charge in [0.1, 0.15) is 0 Å². The molecule has 0 saturated heterocycles. The Morgan fingerprint density at radius 2 is 0.597 bits per heavy atom. The Kier molecular flexibility index (Phi) is 12.3. The fourth-order valence-electron chi connectivity index (χ4n) is 10.6. The summed E-state index contributed by atoms with van der Waals surface area (Å²) >= 11 is 0. The van der Waals surface area contributed by atoms with Crippen LogP contribution in [-0.2, 0) is 0 Å². The van der Waals surface area contributed by atoms with Crippen molar-refractivity contribution < 1.29 is 0 Å². The lowest BCUT2D eigenvalue weighted by molar-refractivity contribution is 1.18. The van der Waals surface area contributed by atoms with E-state index in [4.69, 9.17) is 9.97 Å². The van der Waals surface area contributed by atoms with Gasteiger partial charge in [0.15, 0.2) is 5.82 Å². The molecule has 2 aromatic heterocycles. The summed E-state index contributed by atoms with van der Waals surface area (Å²) in [4.78, 5) is 14.7. The van der Waals surface area contributed by atoms with Crippen molar-refractivity contribution in [3.63, 3.8) is 0 Å². The largest absolute Gasteiger partial charge is 0.310 e. The second kappa shape index (κ2) is 20.3. The fourth-order valence-corrected chi connectivity index (χ4v) is 10.6. The second-order valence-corrected chi connectivity index (χ2v) is 19.6. The van der Waals surface area contributed by atoms with Crippen molar-refractivity contribution in [1.82, 2.24) is 14.5 Å². The lowest BCUT2D eigenvalue weighted by Crippen LogP contribution is -2.10. The average Bonchev–Trinajstić information content (AvgIpc) is 3.83. The zero-order chi connectivity index (χ0) is 51.7. The molecule has 0 saturated carbocycles. The van der Waals surface area contributed by atoms with Crippen molar-refractivity contribution in [1.29, 1.82) is 0 Å². The maximum Gasteiger partial charge on any atom is 0.160 e. The van der Waals surface area contributed by atoms with Crippen LogP contribution in [0.15, 0.2) is 285 Å². The molecule has 13 rings (SSSR count). The van der Waals surface area contributed by atoms with E-state index in [-0.39, 0.29) is 0 Å². The molecular weight excluding hydrogens is 935 g/mol. The highest BCUT2D eigenvalue weighted by Gasteiger charge is 2.21. The van der Waals surface area contributed by atoms with Crippen LogP contribution in [0, 0.1) is 13.8 Å². The lowest BCUT2D eigenvalue weighted by atomic mass is 9.98. The van der Waals surface area contributed by atoms with Gasteiger partial charge in [0.2, 0.25) is 0 Å². The molecule has 0 aliphatic rings. The molecule has 0 aliphatic carbocycles. The van der Waals surface area contributed by atoms with Gasteiger partial charge < -0.3 is 14.4 Å². The Morgan fingerprint density at radius 3 is 1.01 bits per heavy atom. The average molecular weight is 988 g/mol. The molecule has 77 heavy (non-hydrogen) atoms. The van der Waals surface area contributed by atoms with Crippen LogP contribution in [0.25, 0.3) is 83.6 Å². The summed E-state index contributed by atoms with van der Waals surface area (Å²) in [5.41, 5.74) is 21.9. The minimum Gasteiger partial charge on any atom is -0.310 e. The third-order valence-electron chi connectivity index (χ3n) is 14.5. The summed E-state index contributed by atoms with van der Waals surface area (Å²) in [6.07, 6.45) is 0. The quantitative estimate of drug-likeness (QED) is 0.122. The number of para-hydroxylation sites is 2. The summed E-state index contributed by atoms with van der Waals surface area (Å²) < 4.78 is 2.42. The molecule has 0 aliphatic heterocycles. The van der Waals surface area contributed by atoms with E-state index in [0.717, 1.165) is 101 Å². The Hall–Kier alpha value is -10.1. The third-order valence-corrected chi connectivity index (χ3v) is 14.5. The van der Waals surface area contributed by atoms with E-state index in [0.29, 0.717) is 5.82 Å². The maximum atomic E-state index is 5.05. The molecule has 0 fully saturated rings. The van der Waals surface area contributed by atoms with E-state index >= 15 is 0 Å². The highest BCUT2D eigenvalue weighted by Crippen LogP contribution is 2.43. The first-order chi connectivity index (χ1) is 38.0. The molecule has 0 amide bonds. The first-order valence-corrected chi connectivity index (χ1v) is 26.2. The van der Waals surface area contributed by atoms with Crippen LogP contribution in [0.4, 0.5) is 34.1 Å². The molecule has 0 radical (unpaired) electrons. The fraction of sp³-hybridized carbons (Fsp3) is 0.0278. The normalized spacial score (nSPS) is 11.2. The van der Waals surface area contributed by atoms with Gasteiger partial charge in [0, 0.05) is 67.3 Å². The third kappa shape index (κ3) is 9.32. The number of nitrogens with zero attached hydrogens (tertiary/aromatic N) is 5. The molecule has 0 spiro atoms. The van der Waals surface area contributed by atoms with Gasteiger partial charge in [0.05, 0.1) is 22.4 Å². The smallest absolute Gasteiger partial charge is 0.160 e. The Bertz CT molecular complexity index is 4020. The number of hydrogen-bond acceptors (Lipinski definition) is 4. The highest BCUT2D eigenvalue weighted by atomic mass is 15.1. The molecule has 0 N–H and O–H groups in total. The number of rotatable bonds is 12. The first-order valence-electron chi connectivity index (χ1n) is 26.2. The zero-order valence-electron chi connectivity index (χ0n) is 42.9. The van der Waals surface area contributed by atoms with Crippen molar-refractivity contribution in [2.45, 2.75) is 13.8 Å². The molecule has 11 aromatic carbocycles. The van der Waals surface area contributed by atoms with E-state index in [1.807, 2.05) is 36.4 Å². The Balaban J connectivity index is 0.851. The molecule has 5 heteroatoms. The summed E-state index contributed by atoms with van der Waals surface area (Å²) in [5, 5.41) is 2.34. The van der Waals surface area contributed by atoms with Crippen LogP contribution >= 0.6 is 0 Å². The standard InChI is InChI=1S/C72H53N5/c1-50-23-37-61(38-24-50)76(62-39-25-51(2)26-40-62)65-44-46-71-67(48-65)66-47-64(75(59-19-11-5-12-20-59)60-21-13-6-14-22-60)43-45-70(66)77(71)63-41-35-55(36-42-63)53-29-27-52(28-30-53)54-31-33-57(34-32-54)69-49-68(56-15-7-3-8-16-56)73-72(74-69)58-17-9-4-10-18-58/h3-49H,1-2H3. The van der Waals surface area contributed by atoms with Gasteiger partial charge in [0.25, 0.3) is 0 Å². The van der Waals surface area contributed by atoms with Gasteiger partial charge >= 0.3 is 0 Å². The number of aryl methyl sites for hydroxylation is 2. The van der Waals surface area contributed by atoms with Crippen molar-refractivity contribution in [2.75, 3.05) is 9.80 Å². The van der Waals surface area contributed by atoms with Crippen LogP contribution in [0.2, 0.25) is 0 Å². The van der Waals surface area contributed by atoms with E-state index < -0.39 is 0 Å². The minimum atomic E-state index is 0.710. The van der Waals surface area contributed by atoms with Crippen molar-refractivity contribution in [3.05, 3.63) is 296 Å². The number of anilines is 6. The number of hydrogen-bond donors (Lipinski definition) is 0. The van der Waals surface area contributed by atoms with Crippen LogP contribution in [0.3, 0.4) is 0 Å². The van der Waals surface area contributed by atoms with Gasteiger partial charge in [-0.15, -0.1) is 0 Å². The van der Waals surface area contributed by atoms with Gasteiger partial charge in [-0.05, 0) is 139 Å². The Morgan fingerprint density at radius 1 is 0.273 bits per heavy atom. The van der Waals surface area contributed by atoms with Gasteiger partial charge in [-0.3, -0.25) is 0 Å². The van der Waals surface area contributed by atoms with E-state index in [9.17, 15) is 0 Å². The van der Waals surface area contributed by atoms with Crippen molar-refractivity contribution in [3.8, 4) is 61.8 Å². The minimum absolute atomic E-state index is 0.710. The second-order valence-electron chi connectivity index (χ2n) is 19.6. The van der Waals surface area contributed by atoms with Crippen LogP contribution in [0.1, 0.15) is 11.1 Å². The summed E-state index contributed by atoms with van der Waals surface area (Å²) in [6, 6.07) is 102. The Labute approximate surface area is 449 Å². The van der Waals surface area contributed by atoms with Crippen LogP contribution < -0.4 is 9.80 Å². The summed E-state index contributed by atoms with van der Waals surface area (Å²) in [7, 11) is 0. The van der Waals surface area contributed by atoms with Gasteiger partial charge in [-0.1, -0.05) is 193 Å². The van der Waals surface area contributed by atoms with Crippen LogP contribution in [0.5, 0.6) is 0 Å². The topological polar surface area (TPSA) is 37.2 Å². The summed E-state index contributed by atoms with van der Waals surface area (Å²) in [6.45, 7) is 4.28. The van der Waals surface area contributed by atoms with Gasteiger partial charge in [-0.2, -0.15) is 0 Å². The van der Waals surface area contributed by atoms with Crippen LogP contribution in [-0.4, -0.2) is 14.5 Å². The predicted molar refractivity (Wildman–Crippen MR) is 322 cm³/mol.